The highest BCUT2D eigenvalue weighted by Crippen LogP contribution is 2.34. The highest BCUT2D eigenvalue weighted by atomic mass is 16.5. The second-order valence-corrected chi connectivity index (χ2v) is 6.74. The predicted molar refractivity (Wildman–Crippen MR) is 100 cm³/mol. The van der Waals surface area contributed by atoms with Gasteiger partial charge in [-0.15, -0.1) is 0 Å². The average Bonchev–Trinajstić information content (AvgIpc) is 3.26. The summed E-state index contributed by atoms with van der Waals surface area (Å²) in [6.45, 7) is 1.59. The number of hydrogen-bond donors (Lipinski definition) is 1. The first kappa shape index (κ1) is 17.8. The Bertz CT molecular complexity index is 1100. The number of amides is 3. The molecule has 28 heavy (non-hydrogen) atoms. The third-order valence-corrected chi connectivity index (χ3v) is 5.05. The Morgan fingerprint density at radius 3 is 2.68 bits per heavy atom. The summed E-state index contributed by atoms with van der Waals surface area (Å²) in [5, 5.41) is 4.67. The molecule has 1 N–H and O–H groups in total. The third kappa shape index (κ3) is 2.63. The predicted octanol–water partition coefficient (Wildman–Crippen LogP) is 3.19. The number of methoxy groups -OCH3 is 1. The number of esters is 1. The molecule has 1 unspecified atom stereocenters. The van der Waals surface area contributed by atoms with Crippen molar-refractivity contribution < 1.29 is 23.5 Å². The van der Waals surface area contributed by atoms with Gasteiger partial charge in [-0.05, 0) is 29.3 Å². The van der Waals surface area contributed by atoms with Crippen molar-refractivity contribution in [1.82, 2.24) is 10.2 Å². The average molecular weight is 378 g/mol. The molecule has 1 aliphatic heterocycles. The molecule has 0 spiro atoms. The topological polar surface area (TPSA) is 88.8 Å². The summed E-state index contributed by atoms with van der Waals surface area (Å²) in [6, 6.07) is 14.3. The Balaban J connectivity index is 1.71. The van der Waals surface area contributed by atoms with E-state index in [2.05, 4.69) is 10.1 Å². The molecule has 142 valence electrons. The molecular weight excluding hydrogens is 360 g/mol. The van der Waals surface area contributed by atoms with E-state index in [1.165, 1.54) is 13.4 Å². The zero-order chi connectivity index (χ0) is 19.9. The molecule has 2 heterocycles. The molecule has 0 aliphatic carbocycles. The summed E-state index contributed by atoms with van der Waals surface area (Å²) in [4.78, 5) is 38.8. The lowest BCUT2D eigenvalue weighted by Gasteiger charge is -2.24. The van der Waals surface area contributed by atoms with Crippen molar-refractivity contribution in [2.75, 3.05) is 7.11 Å². The molecule has 7 nitrogen and oxygen atoms in total. The van der Waals surface area contributed by atoms with Gasteiger partial charge in [0.25, 0.3) is 5.91 Å². The minimum atomic E-state index is -1.22. The summed E-state index contributed by atoms with van der Waals surface area (Å²) in [7, 11) is 1.24. The van der Waals surface area contributed by atoms with E-state index in [9.17, 15) is 14.4 Å². The lowest BCUT2D eigenvalue weighted by Crippen LogP contribution is -2.41. The lowest BCUT2D eigenvalue weighted by molar-refractivity contribution is -0.131. The van der Waals surface area contributed by atoms with Crippen LogP contribution in [0.1, 0.15) is 28.6 Å². The fourth-order valence-electron chi connectivity index (χ4n) is 3.59. The second-order valence-electron chi connectivity index (χ2n) is 6.74. The van der Waals surface area contributed by atoms with Gasteiger partial charge in [-0.2, -0.15) is 0 Å². The number of rotatable bonds is 4. The summed E-state index contributed by atoms with van der Waals surface area (Å²) < 4.78 is 9.82. The van der Waals surface area contributed by atoms with E-state index in [0.29, 0.717) is 11.1 Å². The van der Waals surface area contributed by atoms with Crippen molar-refractivity contribution in [2.24, 2.45) is 0 Å². The maximum Gasteiger partial charge on any atom is 0.374 e. The van der Waals surface area contributed by atoms with Crippen LogP contribution in [0.3, 0.4) is 0 Å². The number of urea groups is 1. The standard InChI is InChI=1S/C21H18N2O5/c1-21(16-9-5-7-13-6-3-4-8-15(13)16)19(25)23(20(26)22-21)12-14-10-11-28-17(14)18(24)27-2/h3-11H,12H2,1-2H3,(H,22,26). The molecule has 1 aliphatic rings. The monoisotopic (exact) mass is 378 g/mol. The number of ether oxygens (including phenoxy) is 1. The van der Waals surface area contributed by atoms with Crippen molar-refractivity contribution >= 4 is 28.7 Å². The van der Waals surface area contributed by atoms with E-state index >= 15 is 0 Å². The van der Waals surface area contributed by atoms with Crippen LogP contribution in [0.15, 0.2) is 59.2 Å². The summed E-state index contributed by atoms with van der Waals surface area (Å²) >= 11 is 0. The highest BCUT2D eigenvalue weighted by molar-refractivity contribution is 6.09. The number of hydrogen-bond acceptors (Lipinski definition) is 5. The van der Waals surface area contributed by atoms with Crippen molar-refractivity contribution in [2.45, 2.75) is 19.0 Å². The van der Waals surface area contributed by atoms with Gasteiger partial charge in [0.05, 0.1) is 19.9 Å². The van der Waals surface area contributed by atoms with Gasteiger partial charge >= 0.3 is 12.0 Å². The van der Waals surface area contributed by atoms with Gasteiger partial charge in [-0.25, -0.2) is 9.59 Å². The Hall–Kier alpha value is -3.61. The summed E-state index contributed by atoms with van der Waals surface area (Å²) in [5.74, 6) is -1.09. The van der Waals surface area contributed by atoms with Crippen LogP contribution in [0.4, 0.5) is 4.79 Å². The zero-order valence-corrected chi connectivity index (χ0v) is 15.4. The minimum Gasteiger partial charge on any atom is -0.463 e. The van der Waals surface area contributed by atoms with Crippen molar-refractivity contribution in [3.05, 3.63) is 71.7 Å². The summed E-state index contributed by atoms with van der Waals surface area (Å²) in [5.41, 5.74) is -0.100. The lowest BCUT2D eigenvalue weighted by atomic mass is 9.88. The molecule has 1 fully saturated rings. The number of nitrogens with one attached hydrogen (secondary N) is 1. The van der Waals surface area contributed by atoms with Crippen molar-refractivity contribution in [3.63, 3.8) is 0 Å². The number of carbonyl (C=O) groups excluding carboxylic acids is 3. The first-order valence-corrected chi connectivity index (χ1v) is 8.72. The second kappa shape index (κ2) is 6.53. The molecule has 2 aromatic carbocycles. The molecule has 4 rings (SSSR count). The Labute approximate surface area is 160 Å². The number of fused-ring (bicyclic) bond motifs is 1. The van der Waals surface area contributed by atoms with Gasteiger partial charge < -0.3 is 14.5 Å². The van der Waals surface area contributed by atoms with E-state index in [-0.39, 0.29) is 12.3 Å². The number of imide groups is 1. The molecule has 1 atom stereocenters. The van der Waals surface area contributed by atoms with Gasteiger partial charge in [-0.3, -0.25) is 9.69 Å². The van der Waals surface area contributed by atoms with Crippen LogP contribution in [0.25, 0.3) is 10.8 Å². The molecule has 0 saturated carbocycles. The van der Waals surface area contributed by atoms with Crippen LogP contribution >= 0.6 is 0 Å². The number of carbonyl (C=O) groups is 3. The molecule has 1 aromatic heterocycles. The first-order valence-electron chi connectivity index (χ1n) is 8.72. The fraction of sp³-hybridized carbons (Fsp3) is 0.190. The highest BCUT2D eigenvalue weighted by Gasteiger charge is 2.49. The number of furan rings is 1. The number of benzene rings is 2. The van der Waals surface area contributed by atoms with E-state index < -0.39 is 23.4 Å². The molecule has 0 bridgehead atoms. The first-order chi connectivity index (χ1) is 13.5. The molecule has 3 aromatic rings. The van der Waals surface area contributed by atoms with Crippen LogP contribution < -0.4 is 5.32 Å². The normalized spacial score (nSPS) is 19.1. The zero-order valence-electron chi connectivity index (χ0n) is 15.4. The van der Waals surface area contributed by atoms with E-state index in [0.717, 1.165) is 15.7 Å². The Morgan fingerprint density at radius 2 is 1.89 bits per heavy atom. The quantitative estimate of drug-likeness (QED) is 0.556. The van der Waals surface area contributed by atoms with Crippen molar-refractivity contribution in [1.29, 1.82) is 0 Å². The van der Waals surface area contributed by atoms with Gasteiger partial charge in [0, 0.05) is 5.56 Å². The third-order valence-electron chi connectivity index (χ3n) is 5.05. The minimum absolute atomic E-state index is 0.0261. The van der Waals surface area contributed by atoms with Crippen LogP contribution in [-0.4, -0.2) is 29.9 Å². The van der Waals surface area contributed by atoms with E-state index in [4.69, 9.17) is 4.42 Å². The number of nitrogens with zero attached hydrogens (tertiary/aromatic N) is 1. The largest absolute Gasteiger partial charge is 0.463 e. The SMILES string of the molecule is COC(=O)c1occc1CN1C(=O)NC(C)(c2cccc3ccccc23)C1=O. The fourth-order valence-corrected chi connectivity index (χ4v) is 3.59. The molecule has 1 saturated heterocycles. The summed E-state index contributed by atoms with van der Waals surface area (Å²) in [6.07, 6.45) is 1.32. The van der Waals surface area contributed by atoms with Crippen LogP contribution in [0.2, 0.25) is 0 Å². The van der Waals surface area contributed by atoms with E-state index in [1.807, 2.05) is 42.5 Å². The van der Waals surface area contributed by atoms with Gasteiger partial charge in [-0.1, -0.05) is 42.5 Å². The van der Waals surface area contributed by atoms with E-state index in [1.54, 1.807) is 13.0 Å². The van der Waals surface area contributed by atoms with Crippen LogP contribution in [-0.2, 0) is 21.6 Å². The molecule has 3 amide bonds. The van der Waals surface area contributed by atoms with Gasteiger partial charge in [0.2, 0.25) is 5.76 Å². The van der Waals surface area contributed by atoms with Crippen LogP contribution in [0, 0.1) is 0 Å². The van der Waals surface area contributed by atoms with Crippen molar-refractivity contribution in [3.8, 4) is 0 Å². The molecular formula is C21H18N2O5. The van der Waals surface area contributed by atoms with Gasteiger partial charge in [0.15, 0.2) is 0 Å². The maximum absolute atomic E-state index is 13.3. The smallest absolute Gasteiger partial charge is 0.374 e. The van der Waals surface area contributed by atoms with Crippen LogP contribution in [0.5, 0.6) is 0 Å². The molecule has 7 heteroatoms. The maximum atomic E-state index is 13.3. The molecule has 0 radical (unpaired) electrons. The Morgan fingerprint density at radius 1 is 1.14 bits per heavy atom. The van der Waals surface area contributed by atoms with Gasteiger partial charge in [0.1, 0.15) is 5.54 Å². The Kier molecular flexibility index (Phi) is 4.15.